The molecule has 1 aromatic heterocycles. The highest BCUT2D eigenvalue weighted by atomic mass is 16.6. The Morgan fingerprint density at radius 3 is 2.73 bits per heavy atom. The van der Waals surface area contributed by atoms with Crippen LogP contribution in [0.5, 0.6) is 6.01 Å². The van der Waals surface area contributed by atoms with Crippen molar-refractivity contribution in [1.82, 2.24) is 14.9 Å². The molecule has 0 spiro atoms. The van der Waals surface area contributed by atoms with Crippen LogP contribution >= 0.6 is 0 Å². The molecule has 0 radical (unpaired) electrons. The largest absolute Gasteiger partial charge is 0.463 e. The second-order valence-corrected chi connectivity index (χ2v) is 7.56. The van der Waals surface area contributed by atoms with E-state index in [1.54, 1.807) is 0 Å². The zero-order valence-electron chi connectivity index (χ0n) is 17.5. The molecule has 30 heavy (non-hydrogen) atoms. The fraction of sp³-hybridized carbons (Fsp3) is 0.524. The van der Waals surface area contributed by atoms with Gasteiger partial charge in [-0.1, -0.05) is 44.0 Å². The maximum Gasteiger partial charge on any atom is 0.353 e. The normalized spacial score (nSPS) is 14.4. The van der Waals surface area contributed by atoms with Gasteiger partial charge in [-0.2, -0.15) is 9.97 Å². The van der Waals surface area contributed by atoms with Crippen molar-refractivity contribution in [3.8, 4) is 6.01 Å². The first-order valence-electron chi connectivity index (χ1n) is 10.6. The van der Waals surface area contributed by atoms with E-state index < -0.39 is 4.92 Å². The van der Waals surface area contributed by atoms with Crippen LogP contribution in [0.1, 0.15) is 50.2 Å². The summed E-state index contributed by atoms with van der Waals surface area (Å²) in [6, 6.07) is 8.28. The van der Waals surface area contributed by atoms with Gasteiger partial charge in [-0.05, 0) is 43.5 Å². The van der Waals surface area contributed by atoms with Gasteiger partial charge < -0.3 is 15.8 Å². The number of rotatable bonds is 10. The van der Waals surface area contributed by atoms with E-state index in [4.69, 9.17) is 10.5 Å². The SMILES string of the molecule is CCCCOc1nc(N)c([N+](=O)[O-])c(NCc2cccc(CN3CCCCC3)c2)n1. The molecule has 0 aliphatic carbocycles. The maximum atomic E-state index is 11.5. The van der Waals surface area contributed by atoms with Gasteiger partial charge in [-0.25, -0.2) is 0 Å². The number of hydrogen-bond acceptors (Lipinski definition) is 8. The summed E-state index contributed by atoms with van der Waals surface area (Å²) >= 11 is 0. The molecule has 1 aliphatic heterocycles. The Kier molecular flexibility index (Phi) is 7.78. The lowest BCUT2D eigenvalue weighted by Crippen LogP contribution is -2.29. The van der Waals surface area contributed by atoms with Crippen LogP contribution in [0, 0.1) is 10.1 Å². The third-order valence-electron chi connectivity index (χ3n) is 5.11. The van der Waals surface area contributed by atoms with E-state index in [0.717, 1.165) is 38.0 Å². The van der Waals surface area contributed by atoms with Crippen LogP contribution in [0.15, 0.2) is 24.3 Å². The fourth-order valence-corrected chi connectivity index (χ4v) is 3.53. The lowest BCUT2D eigenvalue weighted by atomic mass is 10.1. The summed E-state index contributed by atoms with van der Waals surface area (Å²) in [4.78, 5) is 21.5. The molecule has 0 saturated carbocycles. The molecule has 0 bridgehead atoms. The van der Waals surface area contributed by atoms with E-state index in [1.807, 2.05) is 19.1 Å². The Balaban J connectivity index is 1.70. The van der Waals surface area contributed by atoms with Crippen LogP contribution in [0.3, 0.4) is 0 Å². The summed E-state index contributed by atoms with van der Waals surface area (Å²) in [7, 11) is 0. The molecule has 9 heteroatoms. The molecule has 0 atom stereocenters. The molecule has 162 valence electrons. The Morgan fingerprint density at radius 2 is 2.00 bits per heavy atom. The summed E-state index contributed by atoms with van der Waals surface area (Å²) in [5.74, 6) is -0.136. The molecule has 0 amide bonds. The minimum Gasteiger partial charge on any atom is -0.463 e. The van der Waals surface area contributed by atoms with E-state index in [0.29, 0.717) is 13.2 Å². The van der Waals surface area contributed by atoms with E-state index in [-0.39, 0.29) is 23.3 Å². The first kappa shape index (κ1) is 21.8. The van der Waals surface area contributed by atoms with Gasteiger partial charge in [0.1, 0.15) is 0 Å². The van der Waals surface area contributed by atoms with Crippen molar-refractivity contribution in [3.63, 3.8) is 0 Å². The second-order valence-electron chi connectivity index (χ2n) is 7.56. The van der Waals surface area contributed by atoms with Crippen molar-refractivity contribution in [3.05, 3.63) is 45.5 Å². The Bertz CT molecular complexity index is 855. The van der Waals surface area contributed by atoms with Crippen LogP contribution < -0.4 is 15.8 Å². The molecule has 1 saturated heterocycles. The van der Waals surface area contributed by atoms with Crippen molar-refractivity contribution >= 4 is 17.3 Å². The van der Waals surface area contributed by atoms with Gasteiger partial charge >= 0.3 is 11.7 Å². The van der Waals surface area contributed by atoms with E-state index in [9.17, 15) is 10.1 Å². The zero-order valence-corrected chi connectivity index (χ0v) is 17.5. The molecule has 2 aromatic rings. The van der Waals surface area contributed by atoms with Crippen LogP contribution in [-0.2, 0) is 13.1 Å². The number of benzene rings is 1. The highest BCUT2D eigenvalue weighted by Gasteiger charge is 2.23. The summed E-state index contributed by atoms with van der Waals surface area (Å²) in [5, 5.41) is 14.5. The number of nitrogens with zero attached hydrogens (tertiary/aromatic N) is 4. The molecule has 1 aliphatic rings. The third-order valence-corrected chi connectivity index (χ3v) is 5.11. The van der Waals surface area contributed by atoms with Crippen LogP contribution in [0.25, 0.3) is 0 Å². The number of unbranched alkanes of at least 4 members (excludes halogenated alkanes) is 1. The van der Waals surface area contributed by atoms with Gasteiger partial charge in [0.15, 0.2) is 0 Å². The molecule has 0 unspecified atom stereocenters. The highest BCUT2D eigenvalue weighted by molar-refractivity contribution is 5.68. The van der Waals surface area contributed by atoms with Gasteiger partial charge in [-0.3, -0.25) is 15.0 Å². The molecule has 1 aromatic carbocycles. The van der Waals surface area contributed by atoms with Crippen LogP contribution in [0.2, 0.25) is 0 Å². The van der Waals surface area contributed by atoms with E-state index in [1.165, 1.54) is 24.8 Å². The van der Waals surface area contributed by atoms with Gasteiger partial charge in [-0.15, -0.1) is 0 Å². The summed E-state index contributed by atoms with van der Waals surface area (Å²) in [5.41, 5.74) is 7.73. The molecule has 3 rings (SSSR count). The van der Waals surface area contributed by atoms with E-state index in [2.05, 4.69) is 32.3 Å². The van der Waals surface area contributed by atoms with Crippen LogP contribution in [-0.4, -0.2) is 39.5 Å². The van der Waals surface area contributed by atoms with Gasteiger partial charge in [0, 0.05) is 13.1 Å². The molecule has 1 fully saturated rings. The third kappa shape index (κ3) is 6.03. The maximum absolute atomic E-state index is 11.5. The minimum absolute atomic E-state index is 0.0490. The molecular weight excluding hydrogens is 384 g/mol. The first-order chi connectivity index (χ1) is 14.6. The second kappa shape index (κ2) is 10.7. The van der Waals surface area contributed by atoms with Crippen molar-refractivity contribution in [2.45, 2.75) is 52.1 Å². The molecular formula is C21H30N6O3. The average molecular weight is 415 g/mol. The number of likely N-dealkylation sites (tertiary alicyclic amines) is 1. The van der Waals surface area contributed by atoms with Gasteiger partial charge in [0.2, 0.25) is 11.6 Å². The Morgan fingerprint density at radius 1 is 1.23 bits per heavy atom. The van der Waals surface area contributed by atoms with Crippen molar-refractivity contribution < 1.29 is 9.66 Å². The Hall–Kier alpha value is -2.94. The molecule has 2 heterocycles. The Labute approximate surface area is 176 Å². The number of nitrogens with one attached hydrogen (secondary N) is 1. The number of nitro groups is 1. The lowest BCUT2D eigenvalue weighted by Gasteiger charge is -2.26. The number of ether oxygens (including phenoxy) is 1. The predicted molar refractivity (Wildman–Crippen MR) is 116 cm³/mol. The fourth-order valence-electron chi connectivity index (χ4n) is 3.53. The summed E-state index contributed by atoms with van der Waals surface area (Å²) < 4.78 is 5.49. The number of hydrogen-bond donors (Lipinski definition) is 2. The number of aromatic nitrogens is 2. The predicted octanol–water partition coefficient (Wildman–Crippen LogP) is 3.74. The van der Waals surface area contributed by atoms with Crippen molar-refractivity contribution in [2.75, 3.05) is 30.7 Å². The van der Waals surface area contributed by atoms with Crippen LogP contribution in [0.4, 0.5) is 17.3 Å². The van der Waals surface area contributed by atoms with E-state index >= 15 is 0 Å². The van der Waals surface area contributed by atoms with Crippen molar-refractivity contribution in [1.29, 1.82) is 0 Å². The summed E-state index contributed by atoms with van der Waals surface area (Å²) in [6.07, 6.45) is 5.62. The zero-order chi connectivity index (χ0) is 21.3. The van der Waals surface area contributed by atoms with Gasteiger partial charge in [0.05, 0.1) is 11.5 Å². The van der Waals surface area contributed by atoms with Crippen molar-refractivity contribution in [2.24, 2.45) is 0 Å². The first-order valence-corrected chi connectivity index (χ1v) is 10.6. The molecule has 3 N–H and O–H groups in total. The van der Waals surface area contributed by atoms with Gasteiger partial charge in [0.25, 0.3) is 0 Å². The number of nitrogens with two attached hydrogens (primary N) is 1. The average Bonchev–Trinajstić information content (AvgIpc) is 2.73. The standard InChI is InChI=1S/C21H30N6O3/c1-2-3-12-30-21-24-19(22)18(27(28)29)20(25-21)23-14-16-8-7-9-17(13-16)15-26-10-5-4-6-11-26/h7-9,13H,2-6,10-12,14-15H2,1H3,(H3,22,23,24,25). The lowest BCUT2D eigenvalue weighted by molar-refractivity contribution is -0.383. The quantitative estimate of drug-likeness (QED) is 0.343. The number of piperidine rings is 1. The number of anilines is 2. The topological polar surface area (TPSA) is 119 Å². The smallest absolute Gasteiger partial charge is 0.353 e. The monoisotopic (exact) mass is 414 g/mol. The summed E-state index contributed by atoms with van der Waals surface area (Å²) in [6.45, 7) is 6.06. The molecule has 9 nitrogen and oxygen atoms in total. The highest BCUT2D eigenvalue weighted by Crippen LogP contribution is 2.30. The number of nitrogen functional groups attached to an aromatic ring is 1. The minimum atomic E-state index is -0.569.